The van der Waals surface area contributed by atoms with Crippen LogP contribution in [0.25, 0.3) is 5.70 Å². The number of nitrogens with zero attached hydrogens (tertiary/aromatic N) is 6. The highest BCUT2D eigenvalue weighted by Crippen LogP contribution is 2.26. The first-order valence-electron chi connectivity index (χ1n) is 11.2. The zero-order valence-corrected chi connectivity index (χ0v) is 20.9. The quantitative estimate of drug-likeness (QED) is 0.172. The number of halogens is 2. The molecule has 2 aromatic heterocycles. The fourth-order valence-corrected chi connectivity index (χ4v) is 3.80. The Kier molecular flexibility index (Phi) is 9.43. The van der Waals surface area contributed by atoms with Gasteiger partial charge in [-0.1, -0.05) is 17.7 Å². The molecule has 1 saturated heterocycles. The summed E-state index contributed by atoms with van der Waals surface area (Å²) in [7, 11) is 3.74. The summed E-state index contributed by atoms with van der Waals surface area (Å²) in [6.07, 6.45) is 10.5. The van der Waals surface area contributed by atoms with Gasteiger partial charge in [0.15, 0.2) is 0 Å². The van der Waals surface area contributed by atoms with E-state index in [1.54, 1.807) is 30.5 Å². The van der Waals surface area contributed by atoms with E-state index in [1.165, 1.54) is 36.6 Å². The van der Waals surface area contributed by atoms with Gasteiger partial charge in [0.1, 0.15) is 11.4 Å². The van der Waals surface area contributed by atoms with E-state index in [1.807, 2.05) is 6.07 Å². The van der Waals surface area contributed by atoms with Gasteiger partial charge in [0.25, 0.3) is 0 Å². The van der Waals surface area contributed by atoms with E-state index in [-0.39, 0.29) is 16.4 Å². The van der Waals surface area contributed by atoms with Crippen molar-refractivity contribution in [3.05, 3.63) is 95.2 Å². The highest BCUT2D eigenvalue weighted by atomic mass is 35.5. The summed E-state index contributed by atoms with van der Waals surface area (Å²) in [5.74, 6) is -1.31. The number of hydrogen-bond acceptors (Lipinski definition) is 9. The molecule has 9 nitrogen and oxygen atoms in total. The van der Waals surface area contributed by atoms with Gasteiger partial charge < -0.3 is 20.4 Å². The van der Waals surface area contributed by atoms with Gasteiger partial charge in [-0.05, 0) is 43.6 Å². The number of piperazine rings is 1. The van der Waals surface area contributed by atoms with Crippen LogP contribution in [-0.4, -0.2) is 65.8 Å². The first kappa shape index (κ1) is 26.7. The number of likely N-dealkylation sites (N-methyl/N-ethyl adjacent to an activating group) is 2. The highest BCUT2D eigenvalue weighted by Gasteiger charge is 2.17. The lowest BCUT2D eigenvalue weighted by Gasteiger charge is -2.34. The topological polar surface area (TPSA) is 115 Å². The molecule has 11 heteroatoms. The Morgan fingerprint density at radius 2 is 2.03 bits per heavy atom. The maximum absolute atomic E-state index is 13.5. The third-order valence-electron chi connectivity index (χ3n) is 5.54. The van der Waals surface area contributed by atoms with Gasteiger partial charge in [-0.15, -0.1) is 0 Å². The third-order valence-corrected chi connectivity index (χ3v) is 5.86. The average molecular weight is 511 g/mol. The Hall–Kier alpha value is -3.89. The molecule has 1 aliphatic rings. The van der Waals surface area contributed by atoms with Crippen LogP contribution in [0.2, 0.25) is 0 Å². The fourth-order valence-electron chi connectivity index (χ4n) is 3.53. The summed E-state index contributed by atoms with van der Waals surface area (Å²) in [6.45, 7) is 3.64. The number of allylic oxidation sites excluding steroid dienone is 4. The number of nitrogens with one attached hydrogen (secondary N) is 1. The molecule has 0 saturated carbocycles. The van der Waals surface area contributed by atoms with E-state index >= 15 is 0 Å². The standard InChI is InChI=1S/C25H28ClFN8O/c1-33-9-11-35(12-10-33)19-13-18(15-30-16-19)22(32-29)17-34(2)23(20(26)5-4-8-28)14-24(36)21-6-3-7-25(27)31-21/h3-8,13-17,29H,9-12,28H2,1-2H3/b8-4+,20-5+,22-17-,23-14+,32-29?. The molecule has 3 rings (SSSR count). The van der Waals surface area contributed by atoms with Crippen molar-refractivity contribution in [2.45, 2.75) is 0 Å². The van der Waals surface area contributed by atoms with Gasteiger partial charge in [-0.2, -0.15) is 9.50 Å². The fraction of sp³-hybridized carbons (Fsp3) is 0.240. The minimum Gasteiger partial charge on any atom is -0.405 e. The molecule has 0 spiro atoms. The summed E-state index contributed by atoms with van der Waals surface area (Å²) >= 11 is 6.46. The van der Waals surface area contributed by atoms with Gasteiger partial charge >= 0.3 is 0 Å². The number of nitrogens with two attached hydrogens (primary N) is 1. The predicted molar refractivity (Wildman–Crippen MR) is 139 cm³/mol. The van der Waals surface area contributed by atoms with E-state index in [0.717, 1.165) is 37.9 Å². The van der Waals surface area contributed by atoms with Gasteiger partial charge in [-0.3, -0.25) is 9.78 Å². The first-order valence-corrected chi connectivity index (χ1v) is 11.5. The number of carbonyl (C=O) groups is 1. The number of aromatic nitrogens is 2. The molecule has 3 N–H and O–H groups in total. The second-order valence-corrected chi connectivity index (χ2v) is 8.51. The second-order valence-electron chi connectivity index (χ2n) is 8.10. The average Bonchev–Trinajstić information content (AvgIpc) is 2.89. The molecule has 0 aliphatic carbocycles. The molecule has 0 amide bonds. The molecule has 2 aromatic rings. The molecule has 36 heavy (non-hydrogen) atoms. The summed E-state index contributed by atoms with van der Waals surface area (Å²) in [6, 6.07) is 5.89. The van der Waals surface area contributed by atoms with E-state index in [2.05, 4.69) is 31.9 Å². The zero-order valence-electron chi connectivity index (χ0n) is 20.1. The van der Waals surface area contributed by atoms with Crippen LogP contribution in [0.4, 0.5) is 10.1 Å². The number of ketones is 1. The molecule has 188 valence electrons. The molecule has 0 aromatic carbocycles. The predicted octanol–water partition coefficient (Wildman–Crippen LogP) is 3.99. The number of hydrogen-bond donors (Lipinski definition) is 2. The smallest absolute Gasteiger partial charge is 0.213 e. The molecule has 1 aliphatic heterocycles. The number of pyridine rings is 2. The monoisotopic (exact) mass is 510 g/mol. The summed E-state index contributed by atoms with van der Waals surface area (Å²) in [5, 5.41) is 3.87. The van der Waals surface area contributed by atoms with Gasteiger partial charge in [0.05, 0.1) is 22.6 Å². The summed E-state index contributed by atoms with van der Waals surface area (Å²) in [5.41, 5.74) is 15.3. The second kappa shape index (κ2) is 12.7. The summed E-state index contributed by atoms with van der Waals surface area (Å²) in [4.78, 5) is 26.8. The van der Waals surface area contributed by atoms with Crippen LogP contribution in [0, 0.1) is 11.5 Å². The molecule has 0 atom stereocenters. The van der Waals surface area contributed by atoms with Crippen LogP contribution >= 0.6 is 11.6 Å². The van der Waals surface area contributed by atoms with Gasteiger partial charge in [-0.25, -0.2) is 10.5 Å². The molecule has 1 fully saturated rings. The van der Waals surface area contributed by atoms with E-state index in [4.69, 9.17) is 22.9 Å². The molecular formula is C25H28ClFN8O. The number of carbonyl (C=O) groups excluding carboxylic acids is 1. The van der Waals surface area contributed by atoms with Crippen molar-refractivity contribution in [1.82, 2.24) is 19.8 Å². The van der Waals surface area contributed by atoms with Crippen LogP contribution in [0.1, 0.15) is 16.1 Å². The Morgan fingerprint density at radius 1 is 1.28 bits per heavy atom. The Labute approximate surface area is 214 Å². The number of anilines is 1. The highest BCUT2D eigenvalue weighted by molar-refractivity contribution is 6.32. The maximum Gasteiger partial charge on any atom is 0.213 e. The first-order chi connectivity index (χ1) is 17.3. The lowest BCUT2D eigenvalue weighted by atomic mass is 10.1. The van der Waals surface area contributed by atoms with Crippen LogP contribution in [0.15, 0.2) is 83.1 Å². The van der Waals surface area contributed by atoms with E-state index < -0.39 is 11.7 Å². The minimum atomic E-state index is -0.764. The molecule has 3 heterocycles. The van der Waals surface area contributed by atoms with Crippen molar-refractivity contribution >= 4 is 28.8 Å². The van der Waals surface area contributed by atoms with Crippen LogP contribution in [-0.2, 0) is 0 Å². The van der Waals surface area contributed by atoms with Crippen molar-refractivity contribution < 1.29 is 9.18 Å². The van der Waals surface area contributed by atoms with Crippen molar-refractivity contribution in [2.75, 3.05) is 45.2 Å². The zero-order chi connectivity index (χ0) is 26.1. The molecule has 0 radical (unpaired) electrons. The van der Waals surface area contributed by atoms with Crippen molar-refractivity contribution in [1.29, 1.82) is 5.53 Å². The van der Waals surface area contributed by atoms with Gasteiger partial charge in [0.2, 0.25) is 11.7 Å². The normalized spacial score (nSPS) is 15.9. The SMILES string of the molecule is CN1CCN(c2cncc(/C(=C/N(C)C(=C/C(=O)c3cccc(F)n3)/C(Cl)=C\C=C\N)N=N)c2)CC1. The van der Waals surface area contributed by atoms with E-state index in [0.29, 0.717) is 11.3 Å². The van der Waals surface area contributed by atoms with Crippen LogP contribution < -0.4 is 10.6 Å². The van der Waals surface area contributed by atoms with Crippen molar-refractivity contribution in [2.24, 2.45) is 10.8 Å². The van der Waals surface area contributed by atoms with Gasteiger partial charge in [0, 0.05) is 57.3 Å². The van der Waals surface area contributed by atoms with E-state index in [9.17, 15) is 9.18 Å². The summed E-state index contributed by atoms with van der Waals surface area (Å²) < 4.78 is 13.5. The van der Waals surface area contributed by atoms with Crippen molar-refractivity contribution in [3.8, 4) is 0 Å². The van der Waals surface area contributed by atoms with Crippen molar-refractivity contribution in [3.63, 3.8) is 0 Å². The Bertz CT molecular complexity index is 1220. The Morgan fingerprint density at radius 3 is 2.69 bits per heavy atom. The molecular weight excluding hydrogens is 483 g/mol. The van der Waals surface area contributed by atoms with Crippen LogP contribution in [0.5, 0.6) is 0 Å². The largest absolute Gasteiger partial charge is 0.405 e. The molecule has 0 bridgehead atoms. The molecule has 0 unspecified atom stereocenters. The minimum absolute atomic E-state index is 0.0711. The lowest BCUT2D eigenvalue weighted by Crippen LogP contribution is -2.44. The lowest BCUT2D eigenvalue weighted by molar-refractivity contribution is 0.103. The third kappa shape index (κ3) is 7.06. The number of rotatable bonds is 9. The Balaban J connectivity index is 1.95. The maximum atomic E-state index is 13.5. The van der Waals surface area contributed by atoms with Crippen LogP contribution in [0.3, 0.4) is 0 Å².